The highest BCUT2D eigenvalue weighted by Crippen LogP contribution is 2.69. The molecule has 0 spiro atoms. The molecule has 4 aliphatic carbocycles. The van der Waals surface area contributed by atoms with E-state index in [-0.39, 0.29) is 28.3 Å². The molecule has 0 aromatic heterocycles. The minimum atomic E-state index is -0.125. The molecule has 210 valence electrons. The second-order valence-electron chi connectivity index (χ2n) is 13.4. The smallest absolute Gasteiger partial charge is 0.310 e. The van der Waals surface area contributed by atoms with Gasteiger partial charge in [-0.2, -0.15) is 0 Å². The fraction of sp³-hybridized carbons (Fsp3) is 0.750. The van der Waals surface area contributed by atoms with Crippen molar-refractivity contribution in [2.75, 3.05) is 29.7 Å². The summed E-state index contributed by atoms with van der Waals surface area (Å²) in [5.41, 5.74) is 2.43. The molecule has 5 rings (SSSR count). The Hall–Kier alpha value is -1.26. The molecule has 0 radical (unpaired) electrons. The topological polar surface area (TPSA) is 46.6 Å². The van der Waals surface area contributed by atoms with E-state index < -0.39 is 0 Å². The van der Waals surface area contributed by atoms with E-state index in [1.54, 1.807) is 0 Å². The lowest BCUT2D eigenvalue weighted by Gasteiger charge is -2.64. The van der Waals surface area contributed by atoms with E-state index in [1.165, 1.54) is 19.3 Å². The molecule has 1 aromatic carbocycles. The van der Waals surface area contributed by atoms with E-state index in [4.69, 9.17) is 27.9 Å². The summed E-state index contributed by atoms with van der Waals surface area (Å²) in [5, 5.41) is 0. The van der Waals surface area contributed by atoms with Crippen LogP contribution in [0.15, 0.2) is 24.3 Å². The number of rotatable bonds is 8. The van der Waals surface area contributed by atoms with Gasteiger partial charge in [-0.05, 0) is 97.6 Å². The summed E-state index contributed by atoms with van der Waals surface area (Å²) in [4.78, 5) is 27.9. The number of carbonyl (C=O) groups is 2. The first-order chi connectivity index (χ1) is 18.1. The average molecular weight is 563 g/mol. The van der Waals surface area contributed by atoms with Crippen LogP contribution in [-0.2, 0) is 20.7 Å². The summed E-state index contributed by atoms with van der Waals surface area (Å²) in [7, 11) is 0. The number of halogens is 2. The maximum absolute atomic E-state index is 13.0. The predicted molar refractivity (Wildman–Crippen MR) is 155 cm³/mol. The number of anilines is 1. The van der Waals surface area contributed by atoms with Crippen LogP contribution in [0.5, 0.6) is 0 Å². The van der Waals surface area contributed by atoms with E-state index >= 15 is 0 Å². The van der Waals surface area contributed by atoms with Crippen molar-refractivity contribution in [2.24, 2.45) is 34.0 Å². The lowest BCUT2D eigenvalue weighted by molar-refractivity contribution is -0.182. The second-order valence-corrected chi connectivity index (χ2v) is 14.1. The Kier molecular flexibility index (Phi) is 8.15. The largest absolute Gasteiger partial charge is 0.462 e. The lowest BCUT2D eigenvalue weighted by Crippen LogP contribution is -2.58. The molecule has 6 heteroatoms. The minimum Gasteiger partial charge on any atom is -0.462 e. The summed E-state index contributed by atoms with van der Waals surface area (Å²) >= 11 is 11.9. The number of Topliss-reactive ketones (excluding diaryl/α,β-unsaturated/α-hetero) is 1. The van der Waals surface area contributed by atoms with Crippen molar-refractivity contribution in [3.05, 3.63) is 29.8 Å². The van der Waals surface area contributed by atoms with Crippen molar-refractivity contribution in [3.8, 4) is 0 Å². The number of hydrogen-bond acceptors (Lipinski definition) is 4. The zero-order valence-electron chi connectivity index (χ0n) is 23.4. The number of esters is 1. The van der Waals surface area contributed by atoms with Crippen LogP contribution in [0.25, 0.3) is 0 Å². The molecule has 0 saturated heterocycles. The molecule has 0 heterocycles. The fourth-order valence-corrected chi connectivity index (χ4v) is 9.66. The second kappa shape index (κ2) is 11.0. The van der Waals surface area contributed by atoms with E-state index in [0.717, 1.165) is 62.9 Å². The Bertz CT molecular complexity index is 1020. The first kappa shape index (κ1) is 28.3. The number of alkyl halides is 2. The van der Waals surface area contributed by atoms with Crippen LogP contribution in [0, 0.1) is 34.0 Å². The standard InChI is InChI=1S/C32H45Cl2NO3/c1-30-13-11-25-26-8-9-28(36)31(26,2)14-12-27(25)32(30,3)15-10-24(21-30)38-29(37)20-22-4-6-23(7-5-22)35(18-16-33)19-17-34/h4-7,24-27H,8-21H2,1-3H3/t24-,25+,26+,27+,30+,31+,32-/m1/s1. The fourth-order valence-electron chi connectivity index (χ4n) is 9.25. The van der Waals surface area contributed by atoms with Crippen molar-refractivity contribution in [3.63, 3.8) is 0 Å². The Morgan fingerprint density at radius 3 is 2.34 bits per heavy atom. The molecule has 0 N–H and O–H groups in total. The quantitative estimate of drug-likeness (QED) is 0.244. The number of hydrogen-bond donors (Lipinski definition) is 0. The van der Waals surface area contributed by atoms with Crippen LogP contribution in [0.4, 0.5) is 5.69 Å². The zero-order chi connectivity index (χ0) is 27.1. The molecule has 0 bridgehead atoms. The van der Waals surface area contributed by atoms with Gasteiger partial charge in [0.05, 0.1) is 6.42 Å². The molecule has 4 nitrogen and oxygen atoms in total. The average Bonchev–Trinajstić information content (AvgIpc) is 3.19. The van der Waals surface area contributed by atoms with Gasteiger partial charge in [-0.15, -0.1) is 23.2 Å². The highest BCUT2D eigenvalue weighted by molar-refractivity contribution is 6.18. The molecule has 38 heavy (non-hydrogen) atoms. The van der Waals surface area contributed by atoms with Crippen molar-refractivity contribution in [1.82, 2.24) is 0 Å². The first-order valence-corrected chi connectivity index (χ1v) is 15.9. The van der Waals surface area contributed by atoms with Gasteiger partial charge in [0.1, 0.15) is 11.9 Å². The van der Waals surface area contributed by atoms with Crippen LogP contribution in [-0.4, -0.2) is 42.7 Å². The van der Waals surface area contributed by atoms with Gasteiger partial charge in [0.2, 0.25) is 0 Å². The highest BCUT2D eigenvalue weighted by Gasteiger charge is 2.63. The van der Waals surface area contributed by atoms with Crippen LogP contribution in [0.1, 0.15) is 84.1 Å². The van der Waals surface area contributed by atoms with Gasteiger partial charge in [-0.1, -0.05) is 32.9 Å². The Labute approximate surface area is 239 Å². The van der Waals surface area contributed by atoms with Crippen LogP contribution in [0.3, 0.4) is 0 Å². The number of nitrogens with zero attached hydrogens (tertiary/aromatic N) is 1. The van der Waals surface area contributed by atoms with Crippen molar-refractivity contribution < 1.29 is 14.3 Å². The Balaban J connectivity index is 1.20. The Morgan fingerprint density at radius 1 is 0.947 bits per heavy atom. The van der Waals surface area contributed by atoms with E-state index in [0.29, 0.717) is 41.7 Å². The van der Waals surface area contributed by atoms with E-state index in [2.05, 4.69) is 25.7 Å². The number of benzene rings is 1. The van der Waals surface area contributed by atoms with Gasteiger partial charge in [0.25, 0.3) is 0 Å². The minimum absolute atomic E-state index is 0.00115. The van der Waals surface area contributed by atoms with Crippen LogP contribution >= 0.6 is 23.2 Å². The molecular formula is C32H45Cl2NO3. The first-order valence-electron chi connectivity index (χ1n) is 14.8. The number of ether oxygens (including phenoxy) is 1. The third-order valence-electron chi connectivity index (χ3n) is 11.7. The summed E-state index contributed by atoms with van der Waals surface area (Å²) < 4.78 is 6.12. The van der Waals surface area contributed by atoms with Crippen molar-refractivity contribution in [2.45, 2.75) is 91.1 Å². The maximum atomic E-state index is 13.0. The van der Waals surface area contributed by atoms with Crippen molar-refractivity contribution in [1.29, 1.82) is 0 Å². The monoisotopic (exact) mass is 561 g/mol. The molecule has 4 saturated carbocycles. The normalized spacial score (nSPS) is 38.2. The van der Waals surface area contributed by atoms with Gasteiger partial charge < -0.3 is 9.64 Å². The lowest BCUT2D eigenvalue weighted by atomic mass is 9.40. The molecule has 0 aliphatic heterocycles. The maximum Gasteiger partial charge on any atom is 0.310 e. The number of ketones is 1. The van der Waals surface area contributed by atoms with E-state index in [9.17, 15) is 9.59 Å². The molecule has 7 atom stereocenters. The van der Waals surface area contributed by atoms with E-state index in [1.807, 2.05) is 24.3 Å². The molecular weight excluding hydrogens is 517 g/mol. The van der Waals surface area contributed by atoms with Crippen LogP contribution < -0.4 is 4.90 Å². The predicted octanol–water partition coefficient (Wildman–Crippen LogP) is 7.43. The SMILES string of the molecule is C[C@@]12CC[C@H]3[C@@H]4CCC(=O)[C@@]4(C)CC[C@@H]3[C@@]1(C)CC[C@@H](OC(=O)Cc1ccc(N(CCCl)CCCl)cc1)C2. The third-order valence-corrected chi connectivity index (χ3v) is 12.0. The van der Waals surface area contributed by atoms with Crippen molar-refractivity contribution >= 4 is 40.6 Å². The molecule has 1 aromatic rings. The van der Waals surface area contributed by atoms with Gasteiger partial charge in [0.15, 0.2) is 0 Å². The highest BCUT2D eigenvalue weighted by atomic mass is 35.5. The summed E-state index contributed by atoms with van der Waals surface area (Å²) in [5.74, 6) is 3.45. The molecule has 4 aliphatic rings. The van der Waals surface area contributed by atoms with Crippen LogP contribution in [0.2, 0.25) is 0 Å². The number of fused-ring (bicyclic) bond motifs is 5. The van der Waals surface area contributed by atoms with Gasteiger partial charge in [0, 0.05) is 42.4 Å². The summed E-state index contributed by atoms with van der Waals surface area (Å²) in [6.07, 6.45) is 9.88. The van der Waals surface area contributed by atoms with Gasteiger partial charge in [-0.3, -0.25) is 9.59 Å². The number of carbonyl (C=O) groups excluding carboxylic acids is 2. The molecule has 0 amide bonds. The molecule has 0 unspecified atom stereocenters. The Morgan fingerprint density at radius 2 is 1.66 bits per heavy atom. The zero-order valence-corrected chi connectivity index (χ0v) is 25.0. The summed E-state index contributed by atoms with van der Waals surface area (Å²) in [6.45, 7) is 8.74. The van der Waals surface area contributed by atoms with Gasteiger partial charge in [-0.25, -0.2) is 0 Å². The van der Waals surface area contributed by atoms with Gasteiger partial charge >= 0.3 is 5.97 Å². The summed E-state index contributed by atoms with van der Waals surface area (Å²) in [6, 6.07) is 8.11. The molecule has 4 fully saturated rings. The third kappa shape index (κ3) is 4.91.